The number of ether oxygens (including phenoxy) is 1. The van der Waals surface area contributed by atoms with E-state index < -0.39 is 0 Å². The summed E-state index contributed by atoms with van der Waals surface area (Å²) >= 11 is 0. The maximum Gasteiger partial charge on any atom is 0.137 e. The van der Waals surface area contributed by atoms with Crippen molar-refractivity contribution in [2.24, 2.45) is 0 Å². The van der Waals surface area contributed by atoms with Gasteiger partial charge in [-0.05, 0) is 160 Å². The summed E-state index contributed by atoms with van der Waals surface area (Å²) in [5.41, 5.74) is 24.3. The summed E-state index contributed by atoms with van der Waals surface area (Å²) in [7, 11) is 0. The normalized spacial score (nSPS) is 13.2. The van der Waals surface area contributed by atoms with Gasteiger partial charge in [-0.3, -0.25) is 4.57 Å². The van der Waals surface area contributed by atoms with Gasteiger partial charge in [0.25, 0.3) is 0 Å². The van der Waals surface area contributed by atoms with Gasteiger partial charge >= 0.3 is 0 Å². The highest BCUT2D eigenvalue weighted by Crippen LogP contribution is 2.52. The van der Waals surface area contributed by atoms with Crippen LogP contribution in [0.2, 0.25) is 0 Å². The van der Waals surface area contributed by atoms with Crippen molar-refractivity contribution in [3.8, 4) is 73.0 Å². The smallest absolute Gasteiger partial charge is 0.137 e. The predicted molar refractivity (Wildman–Crippen MR) is 353 cm³/mol. The summed E-state index contributed by atoms with van der Waals surface area (Å²) < 4.78 is 12.1. The van der Waals surface area contributed by atoms with E-state index in [4.69, 9.17) is 14.7 Å². The van der Waals surface area contributed by atoms with Gasteiger partial charge in [0, 0.05) is 58.9 Å². The molecule has 7 heteroatoms. The van der Waals surface area contributed by atoms with E-state index in [1.807, 2.05) is 6.20 Å². The van der Waals surface area contributed by atoms with E-state index in [1.54, 1.807) is 0 Å². The predicted octanol–water partition coefficient (Wildman–Crippen LogP) is 20.8. The first-order valence-electron chi connectivity index (χ1n) is 30.1. The lowest BCUT2D eigenvalue weighted by Gasteiger charge is -2.26. The van der Waals surface area contributed by atoms with Gasteiger partial charge in [-0.1, -0.05) is 179 Å². The number of pyridine rings is 1. The van der Waals surface area contributed by atoms with E-state index in [0.717, 1.165) is 127 Å². The number of anilines is 4. The molecule has 13 aromatic rings. The molecule has 0 atom stereocenters. The molecule has 0 amide bonds. The van der Waals surface area contributed by atoms with E-state index in [9.17, 15) is 0 Å². The van der Waals surface area contributed by atoms with Gasteiger partial charge < -0.3 is 19.1 Å². The number of aryl methyl sites for hydroxylation is 3. The van der Waals surface area contributed by atoms with Gasteiger partial charge in [0.15, 0.2) is 0 Å². The molecular formula is C78H66N6O. The minimum atomic E-state index is 0.283. The fraction of sp³-hybridized carbons (Fsp3) is 0.154. The number of hydrogen-bond donors (Lipinski definition) is 0. The number of nitrogens with zero attached hydrogens (tertiary/aromatic N) is 6. The third kappa shape index (κ3) is 9.31. The van der Waals surface area contributed by atoms with Crippen LogP contribution in [0, 0.1) is 6.92 Å². The van der Waals surface area contributed by atoms with Crippen LogP contribution < -0.4 is 14.5 Å². The summed E-state index contributed by atoms with van der Waals surface area (Å²) in [4.78, 5) is 15.6. The number of hydrogen-bond acceptors (Lipinski definition) is 5. The van der Waals surface area contributed by atoms with Crippen molar-refractivity contribution in [1.29, 1.82) is 0 Å². The Kier molecular flexibility index (Phi) is 13.0. The van der Waals surface area contributed by atoms with Crippen molar-refractivity contribution in [2.45, 2.75) is 72.3 Å². The minimum Gasteiger partial charge on any atom is -0.457 e. The van der Waals surface area contributed by atoms with E-state index in [2.05, 4.69) is 284 Å². The second kappa shape index (κ2) is 21.3. The van der Waals surface area contributed by atoms with E-state index in [1.165, 1.54) is 50.3 Å². The topological polar surface area (TPSA) is 51.4 Å². The molecule has 0 spiro atoms. The van der Waals surface area contributed by atoms with Crippen molar-refractivity contribution in [1.82, 2.24) is 19.1 Å². The second-order valence-corrected chi connectivity index (χ2v) is 23.7. The van der Waals surface area contributed by atoms with E-state index in [-0.39, 0.29) is 11.8 Å². The summed E-state index contributed by atoms with van der Waals surface area (Å²) in [5.74, 6) is 4.10. The van der Waals surface area contributed by atoms with Crippen molar-refractivity contribution < 1.29 is 4.74 Å². The fourth-order valence-corrected chi connectivity index (χ4v) is 13.5. The first kappa shape index (κ1) is 51.9. The van der Waals surface area contributed by atoms with Crippen LogP contribution in [-0.2, 0) is 13.0 Å². The molecule has 0 aliphatic carbocycles. The minimum absolute atomic E-state index is 0.283. The average Bonchev–Trinajstić information content (AvgIpc) is 2.16. The summed E-state index contributed by atoms with van der Waals surface area (Å²) in [6.07, 6.45) is 5.30. The van der Waals surface area contributed by atoms with Gasteiger partial charge in [-0.25, -0.2) is 9.97 Å². The lowest BCUT2D eigenvalue weighted by Crippen LogP contribution is -2.24. The summed E-state index contributed by atoms with van der Waals surface area (Å²) in [5, 5.41) is 2.30. The van der Waals surface area contributed by atoms with Crippen molar-refractivity contribution >= 4 is 55.6 Å². The first-order valence-corrected chi connectivity index (χ1v) is 30.1. The highest BCUT2D eigenvalue weighted by molar-refractivity contribution is 6.09. The molecule has 0 fully saturated rings. The van der Waals surface area contributed by atoms with Gasteiger partial charge in [0.2, 0.25) is 0 Å². The molecule has 85 heavy (non-hydrogen) atoms. The van der Waals surface area contributed by atoms with Gasteiger partial charge in [0.1, 0.15) is 29.8 Å². The van der Waals surface area contributed by atoms with Crippen LogP contribution in [0.3, 0.4) is 0 Å². The molecule has 2 aliphatic heterocycles. The lowest BCUT2D eigenvalue weighted by molar-refractivity contribution is 0.483. The number of para-hydroxylation sites is 1. The molecule has 0 saturated carbocycles. The largest absolute Gasteiger partial charge is 0.457 e. The Morgan fingerprint density at radius 2 is 1.11 bits per heavy atom. The molecule has 2 aliphatic rings. The highest BCUT2D eigenvalue weighted by atomic mass is 16.5. The molecule has 7 nitrogen and oxygen atoms in total. The zero-order valence-corrected chi connectivity index (χ0v) is 48.8. The van der Waals surface area contributed by atoms with Gasteiger partial charge in [-0.15, -0.1) is 0 Å². The van der Waals surface area contributed by atoms with Crippen LogP contribution in [0.5, 0.6) is 11.5 Å². The number of fused-ring (bicyclic) bond motifs is 7. The van der Waals surface area contributed by atoms with Crippen molar-refractivity contribution in [3.63, 3.8) is 0 Å². The van der Waals surface area contributed by atoms with Gasteiger partial charge in [0.05, 0.1) is 39.1 Å². The number of rotatable bonds is 12. The molecule has 414 valence electrons. The fourth-order valence-electron chi connectivity index (χ4n) is 13.5. The Balaban J connectivity index is 0.913. The van der Waals surface area contributed by atoms with Crippen LogP contribution in [0.25, 0.3) is 94.3 Å². The van der Waals surface area contributed by atoms with Crippen LogP contribution in [0.1, 0.15) is 74.9 Å². The molecular weight excluding hydrogens is 1040 g/mol. The summed E-state index contributed by atoms with van der Waals surface area (Å²) in [6, 6.07) is 84.1. The first-order chi connectivity index (χ1) is 41.7. The Morgan fingerprint density at radius 3 is 1.85 bits per heavy atom. The SMILES string of the molecule is Cc1cc(-n2c3ccccc3c3ccc(Oc4cc(-c5c(C(C)C)cccc5C(C)C)cc(N5CN(c6ccc(-c7ccccc7)cc6-c6cccc(-c7ccccc7)c6)c6cc7c(cc65)nc5n7CCCC5)c4)cc32)ncc1-c1ccccc1. The molecule has 0 unspecified atom stereocenters. The van der Waals surface area contributed by atoms with Crippen molar-refractivity contribution in [3.05, 3.63) is 259 Å². The van der Waals surface area contributed by atoms with Crippen molar-refractivity contribution in [2.75, 3.05) is 16.5 Å². The molecule has 5 heterocycles. The Labute approximate surface area is 497 Å². The Hall–Kier alpha value is -9.98. The second-order valence-electron chi connectivity index (χ2n) is 23.7. The number of aromatic nitrogens is 4. The standard InChI is InChI=1S/C78H66N6O/c1-50(2)63-30-20-31-64(51(3)4)78(63)59-41-60(44-62(42-59)85-61-35-36-66-65-29-15-16-32-71(65)84(72(66)45-61)77-39-52(5)68(48-79-77)55-25-13-8-14-26-55)82-49-83(75-47-73-69(46-74(75)82)80-76-33-17-18-38-81(73)76)70-37-34-57(54-23-11-7-12-24-54)43-67(70)58-28-19-27-56(40-58)53-21-9-6-10-22-53/h6-16,19-32,34-37,39-48,50-51H,17-18,33,38,49H2,1-5H3. The zero-order chi connectivity index (χ0) is 57.3. The van der Waals surface area contributed by atoms with Crippen LogP contribution in [0.15, 0.2) is 237 Å². The lowest BCUT2D eigenvalue weighted by atomic mass is 9.85. The molecule has 10 aromatic carbocycles. The molecule has 0 bridgehead atoms. The monoisotopic (exact) mass is 1100 g/mol. The van der Waals surface area contributed by atoms with E-state index >= 15 is 0 Å². The molecule has 0 N–H and O–H groups in total. The molecule has 0 saturated heterocycles. The molecule has 15 rings (SSSR count). The van der Waals surface area contributed by atoms with Crippen LogP contribution >= 0.6 is 0 Å². The maximum atomic E-state index is 7.35. The Bertz CT molecular complexity index is 4660. The van der Waals surface area contributed by atoms with Crippen LogP contribution in [0.4, 0.5) is 22.7 Å². The third-order valence-electron chi connectivity index (χ3n) is 17.7. The number of imidazole rings is 1. The Morgan fingerprint density at radius 1 is 0.447 bits per heavy atom. The maximum absolute atomic E-state index is 7.35. The molecule has 0 radical (unpaired) electrons. The number of benzene rings is 10. The summed E-state index contributed by atoms with van der Waals surface area (Å²) in [6.45, 7) is 12.9. The van der Waals surface area contributed by atoms with E-state index in [0.29, 0.717) is 6.67 Å². The average molecular weight is 1100 g/mol. The van der Waals surface area contributed by atoms with Crippen LogP contribution in [-0.4, -0.2) is 25.8 Å². The third-order valence-corrected chi connectivity index (χ3v) is 17.7. The van der Waals surface area contributed by atoms with Gasteiger partial charge in [-0.2, -0.15) is 0 Å². The highest BCUT2D eigenvalue weighted by Gasteiger charge is 2.33. The zero-order valence-electron chi connectivity index (χ0n) is 48.8. The quantitative estimate of drug-likeness (QED) is 0.122. The molecule has 3 aromatic heterocycles.